The average molecular weight is 420 g/mol. The number of carbonyl (C=O) groups excluding carboxylic acids is 1. The zero-order valence-electron chi connectivity index (χ0n) is 16.3. The van der Waals surface area contributed by atoms with Crippen molar-refractivity contribution in [2.24, 2.45) is 4.99 Å². The van der Waals surface area contributed by atoms with Gasteiger partial charge in [0.25, 0.3) is 5.91 Å². The second-order valence-electron chi connectivity index (χ2n) is 7.21. The van der Waals surface area contributed by atoms with Crippen LogP contribution in [0.25, 0.3) is 0 Å². The molecule has 1 saturated carbocycles. The number of benzene rings is 1. The van der Waals surface area contributed by atoms with Crippen LogP contribution in [-0.2, 0) is 6.18 Å². The molecule has 1 heterocycles. The summed E-state index contributed by atoms with van der Waals surface area (Å²) in [4.78, 5) is 31.4. The molecule has 3 rings (SSSR count). The van der Waals surface area contributed by atoms with Gasteiger partial charge in [0.15, 0.2) is 0 Å². The predicted molar refractivity (Wildman–Crippen MR) is 109 cm³/mol. The molecular formula is C21H23F3N4O2. The van der Waals surface area contributed by atoms with E-state index in [1.165, 1.54) is 6.07 Å². The van der Waals surface area contributed by atoms with Crippen LogP contribution in [0.2, 0.25) is 0 Å². The molecule has 1 aliphatic rings. The minimum absolute atomic E-state index is 0.0124. The van der Waals surface area contributed by atoms with Crippen molar-refractivity contribution in [3.05, 3.63) is 63.9 Å². The van der Waals surface area contributed by atoms with Crippen LogP contribution < -0.4 is 16.2 Å². The molecule has 0 saturated heterocycles. The Balaban J connectivity index is 1.80. The molecule has 0 radical (unpaired) electrons. The molecule has 0 spiro atoms. The smallest absolute Gasteiger partial charge is 0.312 e. The van der Waals surface area contributed by atoms with Crippen LogP contribution in [0.5, 0.6) is 0 Å². The molecule has 1 amide bonds. The quantitative estimate of drug-likeness (QED) is 0.393. The van der Waals surface area contributed by atoms with E-state index in [2.05, 4.69) is 20.6 Å². The molecule has 30 heavy (non-hydrogen) atoms. The molecule has 1 aromatic carbocycles. The third-order valence-electron chi connectivity index (χ3n) is 4.86. The van der Waals surface area contributed by atoms with E-state index in [0.29, 0.717) is 5.82 Å². The Kier molecular flexibility index (Phi) is 6.91. The van der Waals surface area contributed by atoms with Gasteiger partial charge in [-0.05, 0) is 43.2 Å². The van der Waals surface area contributed by atoms with Gasteiger partial charge in [-0.25, -0.2) is 4.99 Å². The lowest BCUT2D eigenvalue weighted by Gasteiger charge is -2.16. The second-order valence-corrected chi connectivity index (χ2v) is 7.21. The lowest BCUT2D eigenvalue weighted by atomic mass is 10.1. The Hall–Kier alpha value is -3.10. The number of carbonyl (C=O) groups is 1. The number of halogens is 3. The van der Waals surface area contributed by atoms with Gasteiger partial charge < -0.3 is 10.3 Å². The monoisotopic (exact) mass is 420 g/mol. The fraction of sp³-hybridized carbons (Fsp3) is 0.381. The molecule has 1 aliphatic carbocycles. The lowest BCUT2D eigenvalue weighted by Crippen LogP contribution is -2.37. The summed E-state index contributed by atoms with van der Waals surface area (Å²) in [5.41, 5.74) is -1.07. The Bertz CT molecular complexity index is 944. The zero-order chi connectivity index (χ0) is 21.6. The average Bonchev–Trinajstić information content (AvgIpc) is 2.96. The first kappa shape index (κ1) is 21.6. The number of aromatic nitrogens is 1. The Morgan fingerprint density at radius 1 is 1.00 bits per heavy atom. The normalized spacial score (nSPS) is 16.0. The summed E-state index contributed by atoms with van der Waals surface area (Å²) in [6.07, 6.45) is 1.64. The van der Waals surface area contributed by atoms with Crippen LogP contribution in [0.3, 0.4) is 0 Å². The Morgan fingerprint density at radius 3 is 2.27 bits per heavy atom. The summed E-state index contributed by atoms with van der Waals surface area (Å²) in [5, 5.41) is 5.53. The standard InChI is InChI=1S/C21H23F3N4O2/c22-21(23,24)15-12-10-14(11-13-15)19(30)28-20(25-16-6-3-1-2-4-7-16)27-17-8-5-9-18(29)26-17/h5,8-13,16H,1-4,6-7H2,(H3,25,26,27,28,29,30). The summed E-state index contributed by atoms with van der Waals surface area (Å²) in [6.45, 7) is 0. The number of hydrogen-bond donors (Lipinski definition) is 3. The maximum atomic E-state index is 12.7. The fourth-order valence-electron chi connectivity index (χ4n) is 3.30. The summed E-state index contributed by atoms with van der Waals surface area (Å²) < 4.78 is 38.2. The number of nitrogens with zero attached hydrogens (tertiary/aromatic N) is 1. The van der Waals surface area contributed by atoms with E-state index in [9.17, 15) is 22.8 Å². The highest BCUT2D eigenvalue weighted by Gasteiger charge is 2.30. The van der Waals surface area contributed by atoms with Gasteiger partial charge in [0, 0.05) is 11.6 Å². The number of amides is 1. The zero-order valence-corrected chi connectivity index (χ0v) is 16.3. The van der Waals surface area contributed by atoms with Gasteiger partial charge in [-0.2, -0.15) is 13.2 Å². The van der Waals surface area contributed by atoms with E-state index in [-0.39, 0.29) is 23.1 Å². The number of aromatic amines is 1. The summed E-state index contributed by atoms with van der Waals surface area (Å²) >= 11 is 0. The number of aliphatic imine (C=N–C) groups is 1. The van der Waals surface area contributed by atoms with Gasteiger partial charge in [-0.1, -0.05) is 31.7 Å². The number of H-pyrrole nitrogens is 1. The molecule has 3 N–H and O–H groups in total. The number of hydrogen-bond acceptors (Lipinski definition) is 3. The van der Waals surface area contributed by atoms with Gasteiger partial charge in [0.1, 0.15) is 5.82 Å². The van der Waals surface area contributed by atoms with Crippen LogP contribution in [0.1, 0.15) is 54.4 Å². The molecule has 0 bridgehead atoms. The first-order chi connectivity index (χ1) is 14.3. The SMILES string of the molecule is O=C(NC(=NC1CCCCCC1)Nc1cccc(=O)[nH]1)c1ccc(C(F)(F)F)cc1. The van der Waals surface area contributed by atoms with Gasteiger partial charge in [0.05, 0.1) is 11.6 Å². The van der Waals surface area contributed by atoms with E-state index in [0.717, 1.165) is 62.8 Å². The molecule has 9 heteroatoms. The Morgan fingerprint density at radius 2 is 1.67 bits per heavy atom. The van der Waals surface area contributed by atoms with Crippen molar-refractivity contribution in [2.45, 2.75) is 50.7 Å². The van der Waals surface area contributed by atoms with Crippen molar-refractivity contribution >= 4 is 17.7 Å². The van der Waals surface area contributed by atoms with Crippen LogP contribution in [0.15, 0.2) is 52.3 Å². The lowest BCUT2D eigenvalue weighted by molar-refractivity contribution is -0.137. The maximum absolute atomic E-state index is 12.7. The molecule has 160 valence electrons. The molecule has 0 unspecified atom stereocenters. The molecule has 1 aromatic heterocycles. The van der Waals surface area contributed by atoms with Crippen molar-refractivity contribution in [1.82, 2.24) is 10.3 Å². The number of pyridine rings is 1. The van der Waals surface area contributed by atoms with Crippen molar-refractivity contribution in [1.29, 1.82) is 0 Å². The summed E-state index contributed by atoms with van der Waals surface area (Å²) in [7, 11) is 0. The van der Waals surface area contributed by atoms with Crippen LogP contribution >= 0.6 is 0 Å². The first-order valence-electron chi connectivity index (χ1n) is 9.84. The largest absolute Gasteiger partial charge is 0.416 e. The van der Waals surface area contributed by atoms with Gasteiger partial charge >= 0.3 is 6.18 Å². The number of anilines is 1. The third kappa shape index (κ3) is 6.20. The first-order valence-corrected chi connectivity index (χ1v) is 9.84. The van der Waals surface area contributed by atoms with Crippen LogP contribution in [0.4, 0.5) is 19.0 Å². The van der Waals surface area contributed by atoms with Crippen LogP contribution in [-0.4, -0.2) is 22.9 Å². The maximum Gasteiger partial charge on any atom is 0.416 e. The highest BCUT2D eigenvalue weighted by atomic mass is 19.4. The number of nitrogens with one attached hydrogen (secondary N) is 3. The molecule has 2 aromatic rings. The highest BCUT2D eigenvalue weighted by molar-refractivity contribution is 6.09. The van der Waals surface area contributed by atoms with Gasteiger partial charge in [-0.3, -0.25) is 14.9 Å². The highest BCUT2D eigenvalue weighted by Crippen LogP contribution is 2.29. The van der Waals surface area contributed by atoms with Crippen molar-refractivity contribution in [2.75, 3.05) is 5.32 Å². The summed E-state index contributed by atoms with van der Waals surface area (Å²) in [6, 6.07) is 8.50. The van der Waals surface area contributed by atoms with E-state index in [4.69, 9.17) is 0 Å². The molecule has 0 aliphatic heterocycles. The van der Waals surface area contributed by atoms with E-state index in [1.54, 1.807) is 12.1 Å². The van der Waals surface area contributed by atoms with Gasteiger partial charge in [0.2, 0.25) is 11.5 Å². The third-order valence-corrected chi connectivity index (χ3v) is 4.86. The van der Waals surface area contributed by atoms with Crippen molar-refractivity contribution in [3.8, 4) is 0 Å². The topological polar surface area (TPSA) is 86.3 Å². The Labute approximate surface area is 171 Å². The van der Waals surface area contributed by atoms with E-state index < -0.39 is 17.6 Å². The fourth-order valence-corrected chi connectivity index (χ4v) is 3.30. The minimum atomic E-state index is -4.47. The number of alkyl halides is 3. The number of rotatable bonds is 3. The van der Waals surface area contributed by atoms with E-state index >= 15 is 0 Å². The molecule has 6 nitrogen and oxygen atoms in total. The van der Waals surface area contributed by atoms with Crippen molar-refractivity contribution in [3.63, 3.8) is 0 Å². The summed E-state index contributed by atoms with van der Waals surface area (Å²) in [5.74, 6) is -0.0990. The predicted octanol–water partition coefficient (Wildman–Crippen LogP) is 4.31. The van der Waals surface area contributed by atoms with Crippen LogP contribution in [0, 0.1) is 0 Å². The number of guanidine groups is 1. The second kappa shape index (κ2) is 9.60. The molecule has 1 fully saturated rings. The molecular weight excluding hydrogens is 397 g/mol. The van der Waals surface area contributed by atoms with Gasteiger partial charge in [-0.15, -0.1) is 0 Å². The van der Waals surface area contributed by atoms with E-state index in [1.807, 2.05) is 0 Å². The molecule has 0 atom stereocenters. The van der Waals surface area contributed by atoms with Crippen molar-refractivity contribution < 1.29 is 18.0 Å². The minimum Gasteiger partial charge on any atom is -0.312 e.